The van der Waals surface area contributed by atoms with Crippen molar-refractivity contribution in [2.75, 3.05) is 0 Å². The molecule has 0 aliphatic rings. The molecule has 2 heterocycles. The molecule has 28 heavy (non-hydrogen) atoms. The van der Waals surface area contributed by atoms with Crippen molar-refractivity contribution < 1.29 is 5.11 Å². The lowest BCUT2D eigenvalue weighted by Crippen LogP contribution is -2.13. The van der Waals surface area contributed by atoms with E-state index in [0.717, 1.165) is 5.56 Å². The summed E-state index contributed by atoms with van der Waals surface area (Å²) in [6.07, 6.45) is 1.64. The van der Waals surface area contributed by atoms with Gasteiger partial charge in [0, 0.05) is 17.5 Å². The summed E-state index contributed by atoms with van der Waals surface area (Å²) in [7, 11) is 0. The normalized spacial score (nSPS) is 10.9. The Labute approximate surface area is 159 Å². The summed E-state index contributed by atoms with van der Waals surface area (Å²) in [4.78, 5) is 20.0. The van der Waals surface area contributed by atoms with Crippen molar-refractivity contribution in [3.05, 3.63) is 82.0 Å². The average Bonchev–Trinajstić information content (AvgIpc) is 3.17. The summed E-state index contributed by atoms with van der Waals surface area (Å²) in [5.74, 6) is 0.411. The number of para-hydroxylation sites is 2. The number of hydrogen-bond donors (Lipinski definition) is 3. The van der Waals surface area contributed by atoms with Crippen LogP contribution in [0.4, 0.5) is 5.69 Å². The molecule has 0 saturated heterocycles. The van der Waals surface area contributed by atoms with Gasteiger partial charge in [-0.2, -0.15) is 5.10 Å². The van der Waals surface area contributed by atoms with E-state index in [2.05, 4.69) is 20.0 Å². The van der Waals surface area contributed by atoms with E-state index in [1.165, 1.54) is 0 Å². The van der Waals surface area contributed by atoms with Gasteiger partial charge in [-0.15, -0.1) is 0 Å². The predicted molar refractivity (Wildman–Crippen MR) is 105 cm³/mol. The fourth-order valence-electron chi connectivity index (χ4n) is 3.26. The highest BCUT2D eigenvalue weighted by Gasteiger charge is 2.17. The molecule has 8 heteroatoms. The first kappa shape index (κ1) is 17.6. The van der Waals surface area contributed by atoms with Gasteiger partial charge in [0.05, 0.1) is 35.2 Å². The maximum Gasteiger partial charge on any atom is 0.272 e. The standard InChI is InChI=1S/C20H16N6O2/c1-22-15-4-2-3-5-17(15)26-18(10-23-19(26)11-27)12-6-7-13-14(8-12)16(9-21)24-25-20(13)28/h2-8,10,27H,9,11,21H2,(H,25,28). The van der Waals surface area contributed by atoms with Crippen LogP contribution in [-0.4, -0.2) is 24.9 Å². The van der Waals surface area contributed by atoms with Gasteiger partial charge in [-0.05, 0) is 18.2 Å². The Kier molecular flexibility index (Phi) is 4.45. The van der Waals surface area contributed by atoms with Crippen molar-refractivity contribution in [2.45, 2.75) is 13.2 Å². The molecule has 8 nitrogen and oxygen atoms in total. The van der Waals surface area contributed by atoms with Crippen molar-refractivity contribution in [1.82, 2.24) is 19.7 Å². The molecule has 0 aliphatic carbocycles. The minimum Gasteiger partial charge on any atom is -0.388 e. The predicted octanol–water partition coefficient (Wildman–Crippen LogP) is 2.28. The number of H-pyrrole nitrogens is 1. The molecule has 0 atom stereocenters. The number of hydrogen-bond acceptors (Lipinski definition) is 5. The third-order valence-electron chi connectivity index (χ3n) is 4.58. The molecule has 4 aromatic rings. The monoisotopic (exact) mass is 372 g/mol. The second kappa shape index (κ2) is 7.08. The van der Waals surface area contributed by atoms with E-state index in [9.17, 15) is 9.90 Å². The second-order valence-corrected chi connectivity index (χ2v) is 6.12. The molecule has 0 aliphatic heterocycles. The van der Waals surface area contributed by atoms with Gasteiger partial charge in [-0.1, -0.05) is 24.3 Å². The van der Waals surface area contributed by atoms with Crippen LogP contribution in [0.25, 0.3) is 32.6 Å². The van der Waals surface area contributed by atoms with Crippen LogP contribution in [0.3, 0.4) is 0 Å². The van der Waals surface area contributed by atoms with E-state index in [1.807, 2.05) is 12.1 Å². The van der Waals surface area contributed by atoms with Gasteiger partial charge in [0.25, 0.3) is 5.56 Å². The number of nitrogens with two attached hydrogens (primary N) is 1. The summed E-state index contributed by atoms with van der Waals surface area (Å²) < 4.78 is 1.75. The Bertz CT molecular complexity index is 1280. The number of aliphatic hydroxyl groups is 1. The lowest BCUT2D eigenvalue weighted by molar-refractivity contribution is 0.269. The van der Waals surface area contributed by atoms with Crippen LogP contribution in [0.15, 0.2) is 53.5 Å². The largest absolute Gasteiger partial charge is 0.388 e. The second-order valence-electron chi connectivity index (χ2n) is 6.12. The maximum absolute atomic E-state index is 12.1. The zero-order valence-electron chi connectivity index (χ0n) is 14.8. The number of nitrogens with one attached hydrogen (secondary N) is 1. The van der Waals surface area contributed by atoms with Gasteiger partial charge in [0.2, 0.25) is 5.69 Å². The minimum atomic E-state index is -0.290. The van der Waals surface area contributed by atoms with E-state index in [1.54, 1.807) is 41.1 Å². The number of aromatic nitrogens is 4. The van der Waals surface area contributed by atoms with Gasteiger partial charge < -0.3 is 15.4 Å². The van der Waals surface area contributed by atoms with E-state index in [-0.39, 0.29) is 18.7 Å². The minimum absolute atomic E-state index is 0.179. The third kappa shape index (κ3) is 2.75. The van der Waals surface area contributed by atoms with Crippen molar-refractivity contribution >= 4 is 16.5 Å². The summed E-state index contributed by atoms with van der Waals surface area (Å²) in [6, 6.07) is 12.5. The fraction of sp³-hybridized carbons (Fsp3) is 0.100. The van der Waals surface area contributed by atoms with Crippen LogP contribution >= 0.6 is 0 Å². The number of rotatable bonds is 4. The Balaban J connectivity index is 2.00. The van der Waals surface area contributed by atoms with Gasteiger partial charge in [-0.25, -0.2) is 14.9 Å². The highest BCUT2D eigenvalue weighted by Crippen LogP contribution is 2.32. The lowest BCUT2D eigenvalue weighted by Gasteiger charge is -2.14. The molecular weight excluding hydrogens is 356 g/mol. The Morgan fingerprint density at radius 2 is 2.04 bits per heavy atom. The summed E-state index contributed by atoms with van der Waals surface area (Å²) in [5, 5.41) is 17.4. The van der Waals surface area contributed by atoms with Crippen molar-refractivity contribution in [3.8, 4) is 16.9 Å². The summed E-state index contributed by atoms with van der Waals surface area (Å²) in [6.45, 7) is 7.34. The van der Waals surface area contributed by atoms with E-state index < -0.39 is 0 Å². The molecule has 2 aromatic carbocycles. The van der Waals surface area contributed by atoms with Crippen molar-refractivity contribution in [3.63, 3.8) is 0 Å². The van der Waals surface area contributed by atoms with Crippen LogP contribution in [0.5, 0.6) is 0 Å². The van der Waals surface area contributed by atoms with Gasteiger partial charge >= 0.3 is 0 Å². The molecule has 0 fully saturated rings. The molecule has 0 radical (unpaired) electrons. The molecule has 4 N–H and O–H groups in total. The number of fused-ring (bicyclic) bond motifs is 1. The van der Waals surface area contributed by atoms with Crippen LogP contribution < -0.4 is 11.3 Å². The summed E-state index contributed by atoms with van der Waals surface area (Å²) >= 11 is 0. The Hall–Kier alpha value is -3.80. The average molecular weight is 372 g/mol. The Morgan fingerprint density at radius 3 is 2.79 bits per heavy atom. The zero-order chi connectivity index (χ0) is 19.7. The number of imidazole rings is 1. The van der Waals surface area contributed by atoms with Crippen LogP contribution in [-0.2, 0) is 13.2 Å². The fourth-order valence-corrected chi connectivity index (χ4v) is 3.26. The van der Waals surface area contributed by atoms with E-state index in [4.69, 9.17) is 12.3 Å². The number of aromatic amines is 1. The first-order chi connectivity index (χ1) is 13.7. The first-order valence-electron chi connectivity index (χ1n) is 8.54. The molecule has 4 rings (SSSR count). The lowest BCUT2D eigenvalue weighted by atomic mass is 10.0. The molecular formula is C20H16N6O2. The zero-order valence-corrected chi connectivity index (χ0v) is 14.8. The SMILES string of the molecule is [C-]#[N+]c1ccccc1-n1c(-c2ccc3c(=O)[nH]nc(CN)c3c2)cnc1CO. The summed E-state index contributed by atoms with van der Waals surface area (Å²) in [5.41, 5.74) is 8.57. The first-order valence-corrected chi connectivity index (χ1v) is 8.54. The van der Waals surface area contributed by atoms with Crippen LogP contribution in [0, 0.1) is 6.57 Å². The highest BCUT2D eigenvalue weighted by molar-refractivity contribution is 5.88. The molecule has 0 bridgehead atoms. The number of benzene rings is 2. The quantitative estimate of drug-likeness (QED) is 0.476. The number of aliphatic hydroxyl groups excluding tert-OH is 1. The van der Waals surface area contributed by atoms with Gasteiger partial charge in [0.15, 0.2) is 0 Å². The molecule has 0 saturated carbocycles. The van der Waals surface area contributed by atoms with E-state index >= 15 is 0 Å². The maximum atomic E-state index is 12.1. The van der Waals surface area contributed by atoms with Gasteiger partial charge in [0.1, 0.15) is 12.4 Å². The molecule has 0 unspecified atom stereocenters. The van der Waals surface area contributed by atoms with Gasteiger partial charge in [-0.3, -0.25) is 4.79 Å². The molecule has 138 valence electrons. The van der Waals surface area contributed by atoms with Crippen molar-refractivity contribution in [2.24, 2.45) is 5.73 Å². The topological polar surface area (TPSA) is 114 Å². The smallest absolute Gasteiger partial charge is 0.272 e. The highest BCUT2D eigenvalue weighted by atomic mass is 16.3. The molecule has 0 spiro atoms. The third-order valence-corrected chi connectivity index (χ3v) is 4.58. The van der Waals surface area contributed by atoms with E-state index in [0.29, 0.717) is 39.4 Å². The number of nitrogens with zero attached hydrogens (tertiary/aromatic N) is 4. The van der Waals surface area contributed by atoms with Crippen molar-refractivity contribution in [1.29, 1.82) is 0 Å². The molecule has 0 amide bonds. The van der Waals surface area contributed by atoms with Crippen LogP contribution in [0.2, 0.25) is 0 Å². The molecule has 2 aromatic heterocycles. The Morgan fingerprint density at radius 1 is 1.21 bits per heavy atom. The van der Waals surface area contributed by atoms with Crippen LogP contribution in [0.1, 0.15) is 11.5 Å².